The van der Waals surface area contributed by atoms with Crippen molar-refractivity contribution in [2.75, 3.05) is 13.1 Å². The molecule has 6 heteroatoms. The molecule has 1 N–H and O–H groups in total. The van der Waals surface area contributed by atoms with Gasteiger partial charge in [0, 0.05) is 12.6 Å². The summed E-state index contributed by atoms with van der Waals surface area (Å²) in [5, 5.41) is 17.8. The van der Waals surface area contributed by atoms with Crippen molar-refractivity contribution in [2.45, 2.75) is 37.8 Å². The van der Waals surface area contributed by atoms with Crippen molar-refractivity contribution in [3.05, 3.63) is 23.8 Å². The van der Waals surface area contributed by atoms with Crippen LogP contribution in [0.1, 0.15) is 42.1 Å². The molecule has 6 nitrogen and oxygen atoms in total. The Hall–Kier alpha value is -1.95. The van der Waals surface area contributed by atoms with Crippen molar-refractivity contribution in [3.63, 3.8) is 0 Å². The highest BCUT2D eigenvalue weighted by Crippen LogP contribution is 2.34. The number of fused-ring (bicyclic) bond motifs is 2. The molecule has 2 unspecified atom stereocenters. The van der Waals surface area contributed by atoms with Gasteiger partial charge in [0.1, 0.15) is 11.0 Å². The number of para-hydroxylation sites is 1. The third kappa shape index (κ3) is 2.01. The smallest absolute Gasteiger partial charge is 0.337 e. The molecule has 0 radical (unpaired) electrons. The van der Waals surface area contributed by atoms with Gasteiger partial charge in [-0.15, -0.1) is 5.10 Å². The van der Waals surface area contributed by atoms with E-state index in [-0.39, 0.29) is 6.04 Å². The van der Waals surface area contributed by atoms with Gasteiger partial charge in [-0.25, -0.2) is 9.48 Å². The fourth-order valence-corrected chi connectivity index (χ4v) is 3.85. The molecule has 2 saturated heterocycles. The molecular weight excluding hydrogens is 268 g/mol. The number of hydrogen-bond acceptors (Lipinski definition) is 4. The average molecular weight is 286 g/mol. The summed E-state index contributed by atoms with van der Waals surface area (Å²) in [4.78, 5) is 14.0. The minimum absolute atomic E-state index is 0.259. The number of aromatic nitrogens is 3. The van der Waals surface area contributed by atoms with Crippen LogP contribution >= 0.6 is 0 Å². The van der Waals surface area contributed by atoms with Crippen LogP contribution in [0.25, 0.3) is 11.0 Å². The van der Waals surface area contributed by atoms with Gasteiger partial charge in [0.05, 0.1) is 11.6 Å². The van der Waals surface area contributed by atoms with Gasteiger partial charge in [-0.05, 0) is 44.4 Å². The first-order valence-corrected chi connectivity index (χ1v) is 7.55. The molecule has 0 aliphatic carbocycles. The van der Waals surface area contributed by atoms with Crippen molar-refractivity contribution < 1.29 is 9.90 Å². The summed E-state index contributed by atoms with van der Waals surface area (Å²) >= 11 is 0. The third-order valence-electron chi connectivity index (χ3n) is 4.86. The Morgan fingerprint density at radius 1 is 1.24 bits per heavy atom. The maximum atomic E-state index is 11.5. The number of carboxylic acids is 1. The van der Waals surface area contributed by atoms with Gasteiger partial charge >= 0.3 is 5.97 Å². The fourth-order valence-electron chi connectivity index (χ4n) is 3.85. The first-order valence-electron chi connectivity index (χ1n) is 7.55. The SMILES string of the molecule is O=C(O)c1cccc2nnn(C3CCN4CCCC4C3)c12. The van der Waals surface area contributed by atoms with Crippen LogP contribution in [-0.2, 0) is 0 Å². The number of carbonyl (C=O) groups is 1. The van der Waals surface area contributed by atoms with Gasteiger partial charge in [-0.1, -0.05) is 11.3 Å². The Kier molecular flexibility index (Phi) is 2.92. The average Bonchev–Trinajstić information content (AvgIpc) is 3.12. The van der Waals surface area contributed by atoms with E-state index in [1.54, 1.807) is 12.1 Å². The van der Waals surface area contributed by atoms with Crippen LogP contribution < -0.4 is 0 Å². The molecule has 110 valence electrons. The molecular formula is C15H18N4O2. The number of rotatable bonds is 2. The molecule has 0 saturated carbocycles. The van der Waals surface area contributed by atoms with Crippen LogP contribution in [0.5, 0.6) is 0 Å². The highest BCUT2D eigenvalue weighted by atomic mass is 16.4. The second-order valence-electron chi connectivity index (χ2n) is 6.02. The van der Waals surface area contributed by atoms with Gasteiger partial charge in [0.25, 0.3) is 0 Å². The zero-order valence-corrected chi connectivity index (χ0v) is 11.8. The summed E-state index contributed by atoms with van der Waals surface area (Å²) in [6.45, 7) is 2.28. The lowest BCUT2D eigenvalue weighted by molar-refractivity contribution is 0.0698. The van der Waals surface area contributed by atoms with Gasteiger partial charge in [0.2, 0.25) is 0 Å². The Morgan fingerprint density at radius 3 is 3.00 bits per heavy atom. The molecule has 2 fully saturated rings. The van der Waals surface area contributed by atoms with E-state index in [2.05, 4.69) is 15.2 Å². The van der Waals surface area contributed by atoms with E-state index in [1.807, 2.05) is 10.7 Å². The molecule has 1 aromatic carbocycles. The largest absolute Gasteiger partial charge is 0.478 e. The van der Waals surface area contributed by atoms with E-state index in [4.69, 9.17) is 0 Å². The number of carboxylic acid groups (broad SMARTS) is 1. The lowest BCUT2D eigenvalue weighted by atomic mass is 9.97. The fraction of sp³-hybridized carbons (Fsp3) is 0.533. The van der Waals surface area contributed by atoms with Gasteiger partial charge in [0.15, 0.2) is 0 Å². The predicted molar refractivity (Wildman–Crippen MR) is 77.4 cm³/mol. The molecule has 2 aromatic rings. The molecule has 2 aliphatic rings. The number of nitrogens with zero attached hydrogens (tertiary/aromatic N) is 4. The van der Waals surface area contributed by atoms with Gasteiger partial charge in [-0.2, -0.15) is 0 Å². The molecule has 21 heavy (non-hydrogen) atoms. The van der Waals surface area contributed by atoms with Crippen LogP contribution in [0, 0.1) is 0 Å². The predicted octanol–water partition coefficient (Wildman–Crippen LogP) is 1.93. The quantitative estimate of drug-likeness (QED) is 0.913. The van der Waals surface area contributed by atoms with E-state index < -0.39 is 5.97 Å². The summed E-state index contributed by atoms with van der Waals surface area (Å²) in [5.41, 5.74) is 1.64. The Bertz CT molecular complexity index is 696. The molecule has 0 amide bonds. The third-order valence-corrected chi connectivity index (χ3v) is 4.86. The van der Waals surface area contributed by atoms with Crippen LogP contribution in [0.3, 0.4) is 0 Å². The molecule has 1 aromatic heterocycles. The summed E-state index contributed by atoms with van der Waals surface area (Å²) in [6, 6.07) is 6.07. The number of aromatic carboxylic acids is 1. The Labute approximate surface area is 122 Å². The summed E-state index contributed by atoms with van der Waals surface area (Å²) < 4.78 is 1.86. The highest BCUT2D eigenvalue weighted by molar-refractivity contribution is 6.00. The van der Waals surface area contributed by atoms with E-state index in [1.165, 1.54) is 19.4 Å². The maximum absolute atomic E-state index is 11.5. The van der Waals surface area contributed by atoms with Crippen molar-refractivity contribution in [1.29, 1.82) is 0 Å². The standard InChI is InChI=1S/C15H18N4O2/c20-15(21)12-4-1-5-13-14(12)19(17-16-13)11-6-8-18-7-2-3-10(18)9-11/h1,4-5,10-11H,2-3,6-9H2,(H,20,21). The van der Waals surface area contributed by atoms with Crippen LogP contribution in [0.15, 0.2) is 18.2 Å². The molecule has 2 atom stereocenters. The minimum atomic E-state index is -0.914. The van der Waals surface area contributed by atoms with Crippen molar-refractivity contribution in [1.82, 2.24) is 19.9 Å². The molecule has 2 aliphatic heterocycles. The molecule has 0 spiro atoms. The number of benzene rings is 1. The van der Waals surface area contributed by atoms with Gasteiger partial charge < -0.3 is 10.0 Å². The summed E-state index contributed by atoms with van der Waals surface area (Å²) in [6.07, 6.45) is 4.58. The lowest BCUT2D eigenvalue weighted by Crippen LogP contribution is -2.39. The molecule has 3 heterocycles. The van der Waals surface area contributed by atoms with E-state index in [0.29, 0.717) is 22.6 Å². The van der Waals surface area contributed by atoms with Crippen LogP contribution in [0.2, 0.25) is 0 Å². The number of piperidine rings is 1. The molecule has 0 bridgehead atoms. The first-order chi connectivity index (χ1) is 10.2. The van der Waals surface area contributed by atoms with Crippen molar-refractivity contribution in [3.8, 4) is 0 Å². The minimum Gasteiger partial charge on any atom is -0.478 e. The van der Waals surface area contributed by atoms with E-state index in [0.717, 1.165) is 19.4 Å². The number of hydrogen-bond donors (Lipinski definition) is 1. The summed E-state index contributed by atoms with van der Waals surface area (Å²) in [7, 11) is 0. The van der Waals surface area contributed by atoms with Crippen molar-refractivity contribution >= 4 is 17.0 Å². The second kappa shape index (κ2) is 4.80. The highest BCUT2D eigenvalue weighted by Gasteiger charge is 2.33. The van der Waals surface area contributed by atoms with E-state index >= 15 is 0 Å². The van der Waals surface area contributed by atoms with Crippen LogP contribution in [-0.4, -0.2) is 50.1 Å². The van der Waals surface area contributed by atoms with Gasteiger partial charge in [-0.3, -0.25) is 0 Å². The Morgan fingerprint density at radius 2 is 2.14 bits per heavy atom. The maximum Gasteiger partial charge on any atom is 0.337 e. The van der Waals surface area contributed by atoms with Crippen molar-refractivity contribution in [2.24, 2.45) is 0 Å². The second-order valence-corrected chi connectivity index (χ2v) is 6.02. The normalized spacial score (nSPS) is 26.1. The topological polar surface area (TPSA) is 71.2 Å². The summed E-state index contributed by atoms with van der Waals surface area (Å²) in [5.74, 6) is -0.914. The zero-order chi connectivity index (χ0) is 14.4. The Balaban J connectivity index is 1.75. The first kappa shape index (κ1) is 12.8. The van der Waals surface area contributed by atoms with Crippen LogP contribution in [0.4, 0.5) is 0 Å². The van der Waals surface area contributed by atoms with E-state index in [9.17, 15) is 9.90 Å². The lowest BCUT2D eigenvalue weighted by Gasteiger charge is -2.34. The molecule has 4 rings (SSSR count). The monoisotopic (exact) mass is 286 g/mol. The zero-order valence-electron chi connectivity index (χ0n) is 11.8.